The van der Waals surface area contributed by atoms with Crippen LogP contribution in [0.4, 0.5) is 0 Å². The number of hydrogen-bond donors (Lipinski definition) is 0. The van der Waals surface area contributed by atoms with Crippen LogP contribution < -0.4 is 0 Å². The Morgan fingerprint density at radius 3 is 1.86 bits per heavy atom. The van der Waals surface area contributed by atoms with Gasteiger partial charge in [0.25, 0.3) is 0 Å². The van der Waals surface area contributed by atoms with Crippen molar-refractivity contribution >= 4 is 25.3 Å². The van der Waals surface area contributed by atoms with Crippen molar-refractivity contribution in [3.8, 4) is 10.8 Å². The van der Waals surface area contributed by atoms with Crippen LogP contribution in [0.5, 0.6) is 0 Å². The molecule has 0 unspecified atom stereocenters. The van der Waals surface area contributed by atoms with Gasteiger partial charge in [0.2, 0.25) is 0 Å². The quantitative estimate of drug-likeness (QED) is 0.340. The molecule has 0 aromatic heterocycles. The monoisotopic (exact) mass is 422 g/mol. The molecule has 0 N–H and O–H groups in total. The van der Waals surface area contributed by atoms with Gasteiger partial charge in [0.1, 0.15) is 0 Å². The molecule has 1 fully saturated rings. The van der Waals surface area contributed by atoms with Crippen LogP contribution in [0.1, 0.15) is 26.7 Å². The van der Waals surface area contributed by atoms with E-state index in [9.17, 15) is 0 Å². The minimum Gasteiger partial charge on any atom is -0.696 e. The first-order valence-electron chi connectivity index (χ1n) is 6.28. The minimum atomic E-state index is 0. The number of nitrogens with zero attached hydrogens (tertiary/aromatic N) is 4. The van der Waals surface area contributed by atoms with Gasteiger partial charge in [-0.05, 0) is 12.8 Å². The molecule has 114 valence electrons. The maximum absolute atomic E-state index is 7.13. The molecule has 2 heterocycles. The Bertz CT molecular complexity index is 341. The molecule has 0 amide bonds. The molecule has 0 aromatic rings. The second-order valence-corrected chi connectivity index (χ2v) is 4.53. The van der Waals surface area contributed by atoms with E-state index in [1.54, 1.807) is 0 Å². The van der Waals surface area contributed by atoms with Gasteiger partial charge < -0.3 is 35.9 Å². The van der Waals surface area contributed by atoms with Crippen LogP contribution in [0.15, 0.2) is 23.9 Å². The molecular formula is C14H20CdN4S2-4. The van der Waals surface area contributed by atoms with Crippen LogP contribution in [0.25, 0.3) is 10.6 Å². The molecule has 0 spiro atoms. The Morgan fingerprint density at radius 1 is 1.19 bits per heavy atom. The molecule has 2 aliphatic rings. The van der Waals surface area contributed by atoms with Crippen LogP contribution in [-0.4, -0.2) is 19.6 Å². The fourth-order valence-electron chi connectivity index (χ4n) is 1.38. The van der Waals surface area contributed by atoms with Gasteiger partial charge in [-0.1, -0.05) is 48.3 Å². The molecule has 0 atom stereocenters. The van der Waals surface area contributed by atoms with Gasteiger partial charge in [-0.25, -0.2) is 10.5 Å². The molecule has 0 bridgehead atoms. The minimum absolute atomic E-state index is 0. The van der Waals surface area contributed by atoms with Crippen molar-refractivity contribution < 1.29 is 27.3 Å². The molecule has 21 heavy (non-hydrogen) atoms. The van der Waals surface area contributed by atoms with Crippen molar-refractivity contribution in [2.75, 3.05) is 19.6 Å². The molecule has 2 aliphatic heterocycles. The van der Waals surface area contributed by atoms with Crippen LogP contribution in [0.2, 0.25) is 0 Å². The first-order valence-corrected chi connectivity index (χ1v) is 7.09. The van der Waals surface area contributed by atoms with Gasteiger partial charge >= 0.3 is 0 Å². The van der Waals surface area contributed by atoms with Gasteiger partial charge in [0.05, 0.1) is 0 Å². The number of allylic oxidation sites excluding steroid dienone is 2. The third-order valence-electron chi connectivity index (χ3n) is 2.52. The fraction of sp³-hybridized carbons (Fsp3) is 0.571. The molecular weight excluding hydrogens is 401 g/mol. The van der Waals surface area contributed by atoms with E-state index in [0.717, 1.165) is 25.6 Å². The number of thiocyanates is 2. The van der Waals surface area contributed by atoms with Gasteiger partial charge in [0, 0.05) is 27.3 Å². The summed E-state index contributed by atoms with van der Waals surface area (Å²) in [4.78, 5) is 0. The molecule has 4 nitrogen and oxygen atoms in total. The Kier molecular flexibility index (Phi) is 26.6. The van der Waals surface area contributed by atoms with Crippen LogP contribution in [-0.2, 0) is 52.6 Å². The summed E-state index contributed by atoms with van der Waals surface area (Å²) in [5.74, 6) is 0.942. The maximum atomic E-state index is 7.13. The summed E-state index contributed by atoms with van der Waals surface area (Å²) in [7, 11) is 0. The van der Waals surface area contributed by atoms with Crippen molar-refractivity contribution in [2.45, 2.75) is 26.7 Å². The number of hydrogen-bond acceptors (Lipinski definition) is 4. The zero-order chi connectivity index (χ0) is 15.6. The number of nitriles is 2. The van der Waals surface area contributed by atoms with E-state index in [1.165, 1.54) is 29.2 Å². The standard InChI is InChI=1S/C6H12N.C6H8N.2CHNS.Cd/c2*1-6-2-4-7-5-3-6;2*2-1-3;/h6H,2-5H2,1H3;2-4H,5H2,1H3;2*3H;/q2*-1;;;/p-2. The number of rotatable bonds is 0. The first-order chi connectivity index (χ1) is 9.62. The van der Waals surface area contributed by atoms with Crippen molar-refractivity contribution in [3.05, 3.63) is 34.6 Å². The summed E-state index contributed by atoms with van der Waals surface area (Å²) in [6.07, 6.45) is 8.58. The summed E-state index contributed by atoms with van der Waals surface area (Å²) in [6.45, 7) is 7.46. The van der Waals surface area contributed by atoms with Gasteiger partial charge in [-0.2, -0.15) is 6.20 Å². The summed E-state index contributed by atoms with van der Waals surface area (Å²) >= 11 is 7.40. The molecule has 0 aromatic carbocycles. The smallest absolute Gasteiger partial charge is 0 e. The third kappa shape index (κ3) is 24.9. The molecule has 0 radical (unpaired) electrons. The fourth-order valence-corrected chi connectivity index (χ4v) is 1.38. The molecule has 0 aliphatic carbocycles. The van der Waals surface area contributed by atoms with Crippen LogP contribution in [0.3, 0.4) is 0 Å². The molecule has 7 heteroatoms. The van der Waals surface area contributed by atoms with E-state index >= 15 is 0 Å². The summed E-state index contributed by atoms with van der Waals surface area (Å²) < 4.78 is 0. The average molecular weight is 421 g/mol. The Hall–Kier alpha value is -0.418. The second-order valence-electron chi connectivity index (χ2n) is 4.16. The average Bonchev–Trinajstić information content (AvgIpc) is 2.43. The van der Waals surface area contributed by atoms with E-state index in [2.05, 4.69) is 55.8 Å². The van der Waals surface area contributed by atoms with Gasteiger partial charge in [-0.15, -0.1) is 19.6 Å². The van der Waals surface area contributed by atoms with Gasteiger partial charge in [0.15, 0.2) is 0 Å². The normalized spacial score (nSPS) is 15.1. The summed E-state index contributed by atoms with van der Waals surface area (Å²) in [5.41, 5.74) is 1.31. The third-order valence-corrected chi connectivity index (χ3v) is 2.52. The van der Waals surface area contributed by atoms with Crippen LogP contribution in [0, 0.1) is 27.2 Å². The Balaban J connectivity index is -0.000000220. The van der Waals surface area contributed by atoms with Crippen molar-refractivity contribution in [2.24, 2.45) is 5.92 Å². The van der Waals surface area contributed by atoms with Gasteiger partial charge in [-0.3, -0.25) is 0 Å². The zero-order valence-corrected chi connectivity index (χ0v) is 18.3. The molecule has 2 rings (SSSR count). The Morgan fingerprint density at radius 2 is 1.67 bits per heavy atom. The number of piperidine rings is 1. The van der Waals surface area contributed by atoms with E-state index in [1.807, 2.05) is 12.3 Å². The summed E-state index contributed by atoms with van der Waals surface area (Å²) in [5, 5.41) is 25.1. The maximum Gasteiger partial charge on any atom is 0 e. The van der Waals surface area contributed by atoms with E-state index < -0.39 is 0 Å². The predicted octanol–water partition coefficient (Wildman–Crippen LogP) is 3.65. The van der Waals surface area contributed by atoms with Crippen molar-refractivity contribution in [1.82, 2.24) is 0 Å². The Labute approximate surface area is 160 Å². The van der Waals surface area contributed by atoms with Crippen molar-refractivity contribution in [3.63, 3.8) is 0 Å². The predicted molar refractivity (Wildman–Crippen MR) is 88.6 cm³/mol. The molecule has 1 saturated heterocycles. The largest absolute Gasteiger partial charge is 0.696 e. The zero-order valence-electron chi connectivity index (χ0n) is 12.7. The SMILES string of the molecule is CC1=CC[N-]C=C1.CC1CC[N-]CC1.N#C[S-].N#C[S-].[Cd]. The molecule has 0 saturated carbocycles. The van der Waals surface area contributed by atoms with E-state index in [4.69, 9.17) is 10.5 Å². The topological polar surface area (TPSA) is 75.8 Å². The van der Waals surface area contributed by atoms with Crippen molar-refractivity contribution in [1.29, 1.82) is 10.5 Å². The second kappa shape index (κ2) is 21.9. The first kappa shape index (κ1) is 25.5. The van der Waals surface area contributed by atoms with Crippen LogP contribution >= 0.6 is 0 Å². The van der Waals surface area contributed by atoms with E-state index in [0.29, 0.717) is 0 Å². The van der Waals surface area contributed by atoms with E-state index in [-0.39, 0.29) is 27.3 Å². The summed E-state index contributed by atoms with van der Waals surface area (Å²) in [6, 6.07) is 0.